The minimum Gasteiger partial charge on any atom is -0.482 e. The number of piperidine rings is 1. The zero-order valence-electron chi connectivity index (χ0n) is 20.3. The Kier molecular flexibility index (Phi) is 5.99. The summed E-state index contributed by atoms with van der Waals surface area (Å²) in [4.78, 5) is 36.9. The lowest BCUT2D eigenvalue weighted by Gasteiger charge is -2.44. The maximum atomic E-state index is 14.7. The molecular weight excluding hydrogens is 481 g/mol. The summed E-state index contributed by atoms with van der Waals surface area (Å²) in [5.41, 5.74) is 2.81. The second-order valence-electron chi connectivity index (χ2n) is 9.46. The molecule has 6 rings (SSSR count). The van der Waals surface area contributed by atoms with Crippen molar-refractivity contribution in [1.82, 2.24) is 14.9 Å². The number of carbonyl (C=O) groups is 2. The maximum absolute atomic E-state index is 14.7. The number of benzene rings is 1. The van der Waals surface area contributed by atoms with Crippen molar-refractivity contribution in [3.05, 3.63) is 47.9 Å². The van der Waals surface area contributed by atoms with E-state index < -0.39 is 11.9 Å². The highest BCUT2D eigenvalue weighted by Gasteiger charge is 2.40. The second kappa shape index (κ2) is 9.47. The van der Waals surface area contributed by atoms with Gasteiger partial charge in [0.25, 0.3) is 5.91 Å². The van der Waals surface area contributed by atoms with Crippen LogP contribution in [0.3, 0.4) is 0 Å². The molecule has 0 aliphatic carbocycles. The van der Waals surface area contributed by atoms with Crippen molar-refractivity contribution in [2.45, 2.75) is 18.9 Å². The molecule has 3 aromatic rings. The number of hydrogen-bond acceptors (Lipinski definition) is 8. The summed E-state index contributed by atoms with van der Waals surface area (Å²) in [5, 5.41) is 2.77. The lowest BCUT2D eigenvalue weighted by atomic mass is 9.91. The van der Waals surface area contributed by atoms with Gasteiger partial charge in [-0.3, -0.25) is 19.6 Å². The van der Waals surface area contributed by atoms with Crippen LogP contribution in [0.4, 0.5) is 20.6 Å². The molecule has 37 heavy (non-hydrogen) atoms. The summed E-state index contributed by atoms with van der Waals surface area (Å²) >= 11 is 0. The van der Waals surface area contributed by atoms with Gasteiger partial charge in [-0.25, -0.2) is 14.2 Å². The molecule has 0 radical (unpaired) electrons. The van der Waals surface area contributed by atoms with Crippen molar-refractivity contribution in [2.75, 3.05) is 50.1 Å². The van der Waals surface area contributed by atoms with Gasteiger partial charge in [-0.1, -0.05) is 0 Å². The number of aromatic nitrogens is 2. The lowest BCUT2D eigenvalue weighted by molar-refractivity contribution is -0.118. The van der Waals surface area contributed by atoms with Crippen LogP contribution in [0.1, 0.15) is 12.0 Å². The zero-order valence-corrected chi connectivity index (χ0v) is 20.3. The number of rotatable bonds is 5. The van der Waals surface area contributed by atoms with Gasteiger partial charge in [-0.05, 0) is 43.7 Å². The van der Waals surface area contributed by atoms with Crippen molar-refractivity contribution in [3.63, 3.8) is 0 Å². The first-order valence-corrected chi connectivity index (χ1v) is 12.2. The number of fused-ring (bicyclic) bond motifs is 3. The summed E-state index contributed by atoms with van der Waals surface area (Å²) in [6.45, 7) is 2.50. The average molecular weight is 508 g/mol. The largest absolute Gasteiger partial charge is 0.482 e. The fraction of sp³-hybridized carbons (Fsp3) is 0.385. The second-order valence-corrected chi connectivity index (χ2v) is 9.46. The standard InChI is InChI=1S/C26H26FN5O5/c1-35-24-5-3-19-25(30-24)17(18(27)11-28-19)7-9-31-8-6-15-12-32(26(34)37-22(15)13-31)16-2-4-21-20(10-16)29-23(33)14-36-21/h2-5,10-11,15,22H,6-9,12-14H2,1H3,(H,29,33)/t15-,22?/m1/s1. The highest BCUT2D eigenvalue weighted by Crippen LogP contribution is 2.35. The SMILES string of the molecule is COc1ccc2ncc(F)c(CCN3CC[C@@H]4CN(c5ccc6c(c5)NC(=O)CO6)C(=O)OC4C3)c2n1. The van der Waals surface area contributed by atoms with E-state index in [1.807, 2.05) is 0 Å². The molecule has 10 nitrogen and oxygen atoms in total. The number of nitrogens with zero attached hydrogens (tertiary/aromatic N) is 4. The van der Waals surface area contributed by atoms with Gasteiger partial charge in [0, 0.05) is 42.9 Å². The smallest absolute Gasteiger partial charge is 0.414 e. The molecule has 1 unspecified atom stereocenters. The first-order chi connectivity index (χ1) is 18.0. The molecule has 0 spiro atoms. The van der Waals surface area contributed by atoms with E-state index in [1.165, 1.54) is 13.3 Å². The molecule has 1 aromatic carbocycles. The Morgan fingerprint density at radius 1 is 1.22 bits per heavy atom. The number of hydrogen-bond donors (Lipinski definition) is 1. The fourth-order valence-corrected chi connectivity index (χ4v) is 5.23. The predicted molar refractivity (Wildman–Crippen MR) is 132 cm³/mol. The molecule has 5 heterocycles. The van der Waals surface area contributed by atoms with Crippen molar-refractivity contribution >= 4 is 34.4 Å². The number of nitrogens with one attached hydrogen (secondary N) is 1. The zero-order chi connectivity index (χ0) is 25.5. The molecule has 2 aromatic heterocycles. The van der Waals surface area contributed by atoms with E-state index in [-0.39, 0.29) is 24.5 Å². The quantitative estimate of drug-likeness (QED) is 0.562. The summed E-state index contributed by atoms with van der Waals surface area (Å²) < 4.78 is 31.2. The molecule has 2 atom stereocenters. The Balaban J connectivity index is 1.12. The Labute approximate surface area is 212 Å². The number of anilines is 2. The topological polar surface area (TPSA) is 106 Å². The summed E-state index contributed by atoms with van der Waals surface area (Å²) in [6, 6.07) is 8.75. The molecule has 192 valence electrons. The number of carbonyl (C=O) groups excluding carboxylic acids is 2. The van der Waals surface area contributed by atoms with Gasteiger partial charge in [0.15, 0.2) is 6.61 Å². The molecule has 0 bridgehead atoms. The Bertz CT molecular complexity index is 1380. The first kappa shape index (κ1) is 23.4. The molecule has 2 fully saturated rings. The number of ether oxygens (including phenoxy) is 3. The Morgan fingerprint density at radius 2 is 2.11 bits per heavy atom. The molecule has 0 saturated carbocycles. The van der Waals surface area contributed by atoms with Gasteiger partial charge >= 0.3 is 6.09 Å². The van der Waals surface area contributed by atoms with Gasteiger partial charge in [-0.2, -0.15) is 0 Å². The van der Waals surface area contributed by atoms with Crippen LogP contribution in [-0.2, 0) is 16.0 Å². The first-order valence-electron chi connectivity index (χ1n) is 12.2. The monoisotopic (exact) mass is 507 g/mol. The van der Waals surface area contributed by atoms with E-state index in [4.69, 9.17) is 14.2 Å². The molecule has 3 aliphatic heterocycles. The van der Waals surface area contributed by atoms with Crippen molar-refractivity contribution in [1.29, 1.82) is 0 Å². The number of pyridine rings is 2. The van der Waals surface area contributed by atoms with Gasteiger partial charge < -0.3 is 19.5 Å². The van der Waals surface area contributed by atoms with Gasteiger partial charge in [0.1, 0.15) is 17.7 Å². The Hall–Kier alpha value is -3.99. The third-order valence-corrected chi connectivity index (χ3v) is 7.20. The van der Waals surface area contributed by atoms with Crippen LogP contribution in [0.15, 0.2) is 36.5 Å². The van der Waals surface area contributed by atoms with Crippen LogP contribution < -0.4 is 19.7 Å². The van der Waals surface area contributed by atoms with Crippen LogP contribution in [0.5, 0.6) is 11.6 Å². The van der Waals surface area contributed by atoms with Crippen molar-refractivity contribution < 1.29 is 28.2 Å². The highest BCUT2D eigenvalue weighted by molar-refractivity contribution is 5.97. The van der Waals surface area contributed by atoms with Crippen LogP contribution in [0.25, 0.3) is 11.0 Å². The van der Waals surface area contributed by atoms with E-state index in [2.05, 4.69) is 20.2 Å². The molecule has 3 aliphatic rings. The average Bonchev–Trinajstić information content (AvgIpc) is 2.91. The van der Waals surface area contributed by atoms with E-state index in [1.54, 1.807) is 35.2 Å². The number of likely N-dealkylation sites (tertiary alicyclic amines) is 1. The van der Waals surface area contributed by atoms with Crippen LogP contribution in [0.2, 0.25) is 0 Å². The maximum Gasteiger partial charge on any atom is 0.414 e. The molecule has 11 heteroatoms. The minimum atomic E-state index is -0.423. The summed E-state index contributed by atoms with van der Waals surface area (Å²) in [7, 11) is 1.52. The van der Waals surface area contributed by atoms with Crippen LogP contribution >= 0.6 is 0 Å². The molecule has 2 amide bonds. The third kappa shape index (κ3) is 4.50. The normalized spacial score (nSPS) is 21.5. The van der Waals surface area contributed by atoms with Gasteiger partial charge in [-0.15, -0.1) is 0 Å². The van der Waals surface area contributed by atoms with E-state index in [0.717, 1.165) is 13.0 Å². The van der Waals surface area contributed by atoms with Crippen LogP contribution in [0, 0.1) is 11.7 Å². The lowest BCUT2D eigenvalue weighted by Crippen LogP contribution is -2.56. The number of methoxy groups -OCH3 is 1. The number of amides is 2. The summed E-state index contributed by atoms with van der Waals surface area (Å²) in [6.07, 6.45) is 1.85. The van der Waals surface area contributed by atoms with Crippen LogP contribution in [-0.4, -0.2) is 72.9 Å². The highest BCUT2D eigenvalue weighted by atomic mass is 19.1. The van der Waals surface area contributed by atoms with Crippen molar-refractivity contribution in [3.8, 4) is 11.6 Å². The molecular formula is C26H26FN5O5. The number of halogens is 1. The fourth-order valence-electron chi connectivity index (χ4n) is 5.23. The third-order valence-electron chi connectivity index (χ3n) is 7.20. The van der Waals surface area contributed by atoms with Gasteiger partial charge in [0.2, 0.25) is 5.88 Å². The molecule has 2 saturated heterocycles. The van der Waals surface area contributed by atoms with E-state index in [0.29, 0.717) is 65.7 Å². The van der Waals surface area contributed by atoms with E-state index >= 15 is 0 Å². The van der Waals surface area contributed by atoms with E-state index in [9.17, 15) is 14.0 Å². The molecule has 1 N–H and O–H groups in total. The predicted octanol–water partition coefficient (Wildman–Crippen LogP) is 3.00. The summed E-state index contributed by atoms with van der Waals surface area (Å²) in [5.74, 6) is 0.532. The Morgan fingerprint density at radius 3 is 2.97 bits per heavy atom. The van der Waals surface area contributed by atoms with Crippen molar-refractivity contribution in [2.24, 2.45) is 5.92 Å². The van der Waals surface area contributed by atoms with Gasteiger partial charge in [0.05, 0.1) is 30.0 Å². The minimum absolute atomic E-state index is 0.0207.